The summed E-state index contributed by atoms with van der Waals surface area (Å²) in [7, 11) is 0. The van der Waals surface area contributed by atoms with Crippen molar-refractivity contribution in [3.8, 4) is 0 Å². The van der Waals surface area contributed by atoms with Gasteiger partial charge in [0.15, 0.2) is 0 Å². The number of anilines is 2. The van der Waals surface area contributed by atoms with E-state index in [4.69, 9.17) is 11.6 Å². The van der Waals surface area contributed by atoms with Gasteiger partial charge in [0, 0.05) is 35.1 Å². The fourth-order valence-electron chi connectivity index (χ4n) is 2.69. The summed E-state index contributed by atoms with van der Waals surface area (Å²) in [4.78, 5) is 26.3. The Morgan fingerprint density at radius 3 is 2.21 bits per heavy atom. The van der Waals surface area contributed by atoms with Crippen molar-refractivity contribution >= 4 is 34.9 Å². The molecule has 1 saturated heterocycles. The van der Waals surface area contributed by atoms with Gasteiger partial charge in [-0.1, -0.05) is 23.7 Å². The number of hydrogen-bond acceptors (Lipinski definition) is 2. The molecule has 5 nitrogen and oxygen atoms in total. The second-order valence-electron chi connectivity index (χ2n) is 5.67. The number of urea groups is 1. The van der Waals surface area contributed by atoms with Crippen LogP contribution in [0, 0.1) is 0 Å². The molecule has 124 valence electrons. The quantitative estimate of drug-likeness (QED) is 0.876. The predicted octanol–water partition coefficient (Wildman–Crippen LogP) is 4.22. The Bertz CT molecular complexity index is 757. The van der Waals surface area contributed by atoms with Crippen LogP contribution in [-0.2, 0) is 0 Å². The molecule has 0 saturated carbocycles. The molecule has 1 aliphatic rings. The minimum atomic E-state index is -0.386. The van der Waals surface area contributed by atoms with E-state index in [1.54, 1.807) is 48.5 Å². The van der Waals surface area contributed by atoms with Crippen LogP contribution >= 0.6 is 11.6 Å². The third-order valence-corrected chi connectivity index (χ3v) is 4.08. The first-order valence-electron chi connectivity index (χ1n) is 7.85. The Hall–Kier alpha value is -2.53. The zero-order chi connectivity index (χ0) is 16.9. The first-order chi connectivity index (χ1) is 11.6. The van der Waals surface area contributed by atoms with Gasteiger partial charge >= 0.3 is 6.03 Å². The lowest BCUT2D eigenvalue weighted by molar-refractivity contribution is 0.0793. The summed E-state index contributed by atoms with van der Waals surface area (Å²) in [5.74, 6) is 0.00593. The van der Waals surface area contributed by atoms with Gasteiger partial charge in [-0.3, -0.25) is 4.79 Å². The van der Waals surface area contributed by atoms with Crippen LogP contribution in [0.5, 0.6) is 0 Å². The van der Waals surface area contributed by atoms with Crippen LogP contribution < -0.4 is 10.6 Å². The normalized spacial score (nSPS) is 13.6. The number of halogens is 1. The van der Waals surface area contributed by atoms with Crippen molar-refractivity contribution < 1.29 is 9.59 Å². The zero-order valence-corrected chi connectivity index (χ0v) is 13.8. The van der Waals surface area contributed by atoms with Gasteiger partial charge in [0.25, 0.3) is 5.91 Å². The lowest BCUT2D eigenvalue weighted by Crippen LogP contribution is -2.27. The van der Waals surface area contributed by atoms with Crippen LogP contribution in [0.25, 0.3) is 0 Å². The Labute approximate surface area is 145 Å². The number of carbonyl (C=O) groups excluding carboxylic acids is 2. The van der Waals surface area contributed by atoms with E-state index in [1.807, 2.05) is 4.90 Å². The average molecular weight is 344 g/mol. The average Bonchev–Trinajstić information content (AvgIpc) is 3.08. The lowest BCUT2D eigenvalue weighted by atomic mass is 10.2. The largest absolute Gasteiger partial charge is 0.339 e. The Balaban J connectivity index is 1.65. The van der Waals surface area contributed by atoms with Gasteiger partial charge in [0.1, 0.15) is 0 Å². The van der Waals surface area contributed by atoms with Crippen molar-refractivity contribution in [2.24, 2.45) is 0 Å². The summed E-state index contributed by atoms with van der Waals surface area (Å²) in [6, 6.07) is 13.5. The summed E-state index contributed by atoms with van der Waals surface area (Å²) in [6.45, 7) is 1.59. The number of likely N-dealkylation sites (tertiary alicyclic amines) is 1. The molecule has 1 fully saturated rings. The monoisotopic (exact) mass is 343 g/mol. The minimum Gasteiger partial charge on any atom is -0.339 e. The molecule has 1 heterocycles. The van der Waals surface area contributed by atoms with Gasteiger partial charge in [-0.15, -0.1) is 0 Å². The summed E-state index contributed by atoms with van der Waals surface area (Å²) >= 11 is 5.89. The number of carbonyl (C=O) groups is 2. The van der Waals surface area contributed by atoms with E-state index >= 15 is 0 Å². The van der Waals surface area contributed by atoms with Gasteiger partial charge < -0.3 is 15.5 Å². The van der Waals surface area contributed by atoms with Gasteiger partial charge in [0.05, 0.1) is 0 Å². The fraction of sp³-hybridized carbons (Fsp3) is 0.222. The molecule has 1 aliphatic heterocycles. The topological polar surface area (TPSA) is 61.4 Å². The maximum absolute atomic E-state index is 12.4. The van der Waals surface area contributed by atoms with Crippen molar-refractivity contribution in [2.45, 2.75) is 12.8 Å². The van der Waals surface area contributed by atoms with Crippen molar-refractivity contribution in [1.29, 1.82) is 0 Å². The molecule has 3 amide bonds. The third kappa shape index (κ3) is 4.06. The highest BCUT2D eigenvalue weighted by atomic mass is 35.5. The Morgan fingerprint density at radius 2 is 1.54 bits per heavy atom. The molecule has 2 N–H and O–H groups in total. The molecule has 0 unspecified atom stereocenters. The third-order valence-electron chi connectivity index (χ3n) is 3.84. The molecule has 0 radical (unpaired) electrons. The van der Waals surface area contributed by atoms with Crippen molar-refractivity contribution in [3.05, 3.63) is 59.1 Å². The van der Waals surface area contributed by atoms with Gasteiger partial charge in [-0.2, -0.15) is 0 Å². The predicted molar refractivity (Wildman–Crippen MR) is 95.7 cm³/mol. The number of nitrogens with zero attached hydrogens (tertiary/aromatic N) is 1. The second-order valence-corrected chi connectivity index (χ2v) is 6.11. The molecule has 0 bridgehead atoms. The highest BCUT2D eigenvalue weighted by Gasteiger charge is 2.19. The number of benzene rings is 2. The van der Waals surface area contributed by atoms with Crippen LogP contribution in [0.3, 0.4) is 0 Å². The van der Waals surface area contributed by atoms with E-state index in [2.05, 4.69) is 10.6 Å². The van der Waals surface area contributed by atoms with Crippen LogP contribution in [0.15, 0.2) is 48.5 Å². The molecule has 2 aromatic rings. The summed E-state index contributed by atoms with van der Waals surface area (Å²) in [6.07, 6.45) is 2.09. The highest BCUT2D eigenvalue weighted by Crippen LogP contribution is 2.18. The van der Waals surface area contributed by atoms with Crippen LogP contribution in [0.4, 0.5) is 16.2 Å². The zero-order valence-electron chi connectivity index (χ0n) is 13.1. The number of hydrogen-bond donors (Lipinski definition) is 2. The van der Waals surface area contributed by atoms with E-state index < -0.39 is 0 Å². The standard InChI is InChI=1S/C18H18ClN3O2/c19-14-6-4-8-16(12-14)21-18(24)20-15-7-3-5-13(11-15)17(23)22-9-1-2-10-22/h3-8,11-12H,1-2,9-10H2,(H2,20,21,24). The molecule has 0 atom stereocenters. The second kappa shape index (κ2) is 7.36. The van der Waals surface area contributed by atoms with Gasteiger partial charge in [-0.05, 0) is 49.2 Å². The van der Waals surface area contributed by atoms with E-state index in [0.29, 0.717) is 22.0 Å². The van der Waals surface area contributed by atoms with Gasteiger partial charge in [0.2, 0.25) is 0 Å². The summed E-state index contributed by atoms with van der Waals surface area (Å²) < 4.78 is 0. The van der Waals surface area contributed by atoms with E-state index in [-0.39, 0.29) is 11.9 Å². The molecule has 2 aromatic carbocycles. The summed E-state index contributed by atoms with van der Waals surface area (Å²) in [5.41, 5.74) is 1.75. The van der Waals surface area contributed by atoms with Crippen molar-refractivity contribution in [2.75, 3.05) is 23.7 Å². The van der Waals surface area contributed by atoms with Crippen LogP contribution in [0.1, 0.15) is 23.2 Å². The van der Waals surface area contributed by atoms with Gasteiger partial charge in [-0.25, -0.2) is 4.79 Å². The number of nitrogens with one attached hydrogen (secondary N) is 2. The molecular weight excluding hydrogens is 326 g/mol. The minimum absolute atomic E-state index is 0.00593. The smallest absolute Gasteiger partial charge is 0.323 e. The molecule has 0 spiro atoms. The van der Waals surface area contributed by atoms with E-state index in [0.717, 1.165) is 25.9 Å². The first kappa shape index (κ1) is 16.3. The van der Waals surface area contributed by atoms with E-state index in [1.165, 1.54) is 0 Å². The fourth-order valence-corrected chi connectivity index (χ4v) is 2.88. The summed E-state index contributed by atoms with van der Waals surface area (Å²) in [5, 5.41) is 5.98. The Morgan fingerprint density at radius 1 is 0.917 bits per heavy atom. The highest BCUT2D eigenvalue weighted by molar-refractivity contribution is 6.30. The SMILES string of the molecule is O=C(Nc1cccc(Cl)c1)Nc1cccc(C(=O)N2CCCC2)c1. The van der Waals surface area contributed by atoms with Crippen molar-refractivity contribution in [3.63, 3.8) is 0 Å². The van der Waals surface area contributed by atoms with Crippen LogP contribution in [0.2, 0.25) is 5.02 Å². The molecule has 24 heavy (non-hydrogen) atoms. The lowest BCUT2D eigenvalue weighted by Gasteiger charge is -2.16. The molecule has 3 rings (SSSR count). The Kier molecular flexibility index (Phi) is 5.01. The first-order valence-corrected chi connectivity index (χ1v) is 8.22. The molecule has 6 heteroatoms. The van der Waals surface area contributed by atoms with E-state index in [9.17, 15) is 9.59 Å². The number of rotatable bonds is 3. The van der Waals surface area contributed by atoms with Crippen LogP contribution in [-0.4, -0.2) is 29.9 Å². The maximum atomic E-state index is 12.4. The maximum Gasteiger partial charge on any atom is 0.323 e. The molecular formula is C18H18ClN3O2. The number of amides is 3. The molecule has 0 aromatic heterocycles. The van der Waals surface area contributed by atoms with Crippen molar-refractivity contribution in [1.82, 2.24) is 4.90 Å². The molecule has 0 aliphatic carbocycles.